The van der Waals surface area contributed by atoms with Gasteiger partial charge in [-0.15, -0.1) is 0 Å². The molecule has 0 bridgehead atoms. The van der Waals surface area contributed by atoms with Gasteiger partial charge in [0, 0.05) is 5.56 Å². The first-order chi connectivity index (χ1) is 8.15. The number of Topliss-reactive ketones (excluding diaryl/α,β-unsaturated/α-hetero) is 1. The first-order valence-electron chi connectivity index (χ1n) is 6.16. The monoisotopic (exact) mass is 227 g/mol. The van der Waals surface area contributed by atoms with Crippen molar-refractivity contribution >= 4 is 5.78 Å². The lowest BCUT2D eigenvalue weighted by molar-refractivity contribution is 0.101. The molecule has 1 aromatic carbocycles. The molecule has 0 unspecified atom stereocenters. The van der Waals surface area contributed by atoms with Crippen molar-refractivity contribution in [3.05, 3.63) is 35.4 Å². The van der Waals surface area contributed by atoms with Crippen LogP contribution >= 0.6 is 0 Å². The second-order valence-corrected chi connectivity index (χ2v) is 5.03. The molecule has 0 atom stereocenters. The largest absolute Gasteiger partial charge is 0.295 e. The molecule has 0 aliphatic heterocycles. The van der Waals surface area contributed by atoms with Crippen LogP contribution in [0.4, 0.5) is 0 Å². The number of carbonyl (C=O) groups is 1. The Morgan fingerprint density at radius 3 is 2.35 bits per heavy atom. The summed E-state index contributed by atoms with van der Waals surface area (Å²) >= 11 is 0. The molecule has 1 aliphatic carbocycles. The van der Waals surface area contributed by atoms with Crippen molar-refractivity contribution in [1.82, 2.24) is 0 Å². The summed E-state index contributed by atoms with van der Waals surface area (Å²) in [6.07, 6.45) is 5.18. The minimum Gasteiger partial charge on any atom is -0.295 e. The highest BCUT2D eigenvalue weighted by Gasteiger charge is 2.33. The molecular formula is C15H17NO. The SMILES string of the molecule is CC(=O)c1ccc(CC2(C#N)CCCC2)cc1. The first-order valence-corrected chi connectivity index (χ1v) is 6.16. The molecule has 17 heavy (non-hydrogen) atoms. The van der Waals surface area contributed by atoms with E-state index in [4.69, 9.17) is 0 Å². The molecule has 0 radical (unpaired) electrons. The molecule has 1 aliphatic rings. The van der Waals surface area contributed by atoms with Crippen molar-refractivity contribution in [3.63, 3.8) is 0 Å². The molecule has 2 heteroatoms. The smallest absolute Gasteiger partial charge is 0.159 e. The molecule has 1 aromatic rings. The van der Waals surface area contributed by atoms with Gasteiger partial charge in [-0.2, -0.15) is 5.26 Å². The molecule has 0 heterocycles. The third kappa shape index (κ3) is 2.55. The predicted molar refractivity (Wildman–Crippen MR) is 66.7 cm³/mol. The van der Waals surface area contributed by atoms with Crippen LogP contribution in [0.25, 0.3) is 0 Å². The first kappa shape index (κ1) is 11.9. The number of hydrogen-bond donors (Lipinski definition) is 0. The molecule has 88 valence electrons. The lowest BCUT2D eigenvalue weighted by Gasteiger charge is -2.19. The Morgan fingerprint density at radius 1 is 1.29 bits per heavy atom. The molecule has 0 spiro atoms. The van der Waals surface area contributed by atoms with Crippen molar-refractivity contribution in [2.45, 2.75) is 39.0 Å². The Kier molecular flexibility index (Phi) is 3.28. The van der Waals surface area contributed by atoms with E-state index in [0.29, 0.717) is 0 Å². The van der Waals surface area contributed by atoms with Crippen molar-refractivity contribution in [2.24, 2.45) is 5.41 Å². The quantitative estimate of drug-likeness (QED) is 0.741. The molecule has 0 aromatic heterocycles. The lowest BCUT2D eigenvalue weighted by Crippen LogP contribution is -2.16. The van der Waals surface area contributed by atoms with E-state index in [1.807, 2.05) is 24.3 Å². The van der Waals surface area contributed by atoms with E-state index >= 15 is 0 Å². The van der Waals surface area contributed by atoms with Crippen molar-refractivity contribution in [2.75, 3.05) is 0 Å². The summed E-state index contributed by atoms with van der Waals surface area (Å²) in [5.74, 6) is 0.0902. The number of nitriles is 1. The summed E-state index contributed by atoms with van der Waals surface area (Å²) < 4.78 is 0. The van der Waals surface area contributed by atoms with E-state index < -0.39 is 0 Å². The molecule has 0 saturated heterocycles. The van der Waals surface area contributed by atoms with Crippen LogP contribution in [0.1, 0.15) is 48.5 Å². The van der Waals surface area contributed by atoms with E-state index in [-0.39, 0.29) is 11.2 Å². The maximum Gasteiger partial charge on any atom is 0.159 e. The topological polar surface area (TPSA) is 40.9 Å². The molecule has 1 saturated carbocycles. The van der Waals surface area contributed by atoms with Crippen LogP contribution < -0.4 is 0 Å². The van der Waals surface area contributed by atoms with Crippen LogP contribution in [0.2, 0.25) is 0 Å². The third-order valence-electron chi connectivity index (χ3n) is 3.70. The molecule has 2 rings (SSSR count). The van der Waals surface area contributed by atoms with Gasteiger partial charge in [0.15, 0.2) is 5.78 Å². The normalized spacial score (nSPS) is 17.6. The van der Waals surface area contributed by atoms with Crippen LogP contribution in [-0.2, 0) is 6.42 Å². The van der Waals surface area contributed by atoms with E-state index in [1.54, 1.807) is 6.92 Å². The zero-order chi connectivity index (χ0) is 12.3. The van der Waals surface area contributed by atoms with Gasteiger partial charge in [-0.1, -0.05) is 37.1 Å². The maximum absolute atomic E-state index is 11.2. The van der Waals surface area contributed by atoms with E-state index in [1.165, 1.54) is 18.4 Å². The minimum absolute atomic E-state index is 0.0902. The van der Waals surface area contributed by atoms with Gasteiger partial charge in [0.05, 0.1) is 11.5 Å². The molecule has 0 N–H and O–H groups in total. The number of benzene rings is 1. The summed E-state index contributed by atoms with van der Waals surface area (Å²) in [5.41, 5.74) is 1.75. The maximum atomic E-state index is 11.2. The van der Waals surface area contributed by atoms with Gasteiger partial charge < -0.3 is 0 Å². The average molecular weight is 227 g/mol. The zero-order valence-corrected chi connectivity index (χ0v) is 10.2. The molecule has 2 nitrogen and oxygen atoms in total. The van der Waals surface area contributed by atoms with Gasteiger partial charge in [-0.25, -0.2) is 0 Å². The highest BCUT2D eigenvalue weighted by atomic mass is 16.1. The standard InChI is InChI=1S/C15H17NO/c1-12(17)14-6-4-13(5-7-14)10-15(11-16)8-2-3-9-15/h4-7H,2-3,8-10H2,1H3. The van der Waals surface area contributed by atoms with Crippen LogP contribution in [0.15, 0.2) is 24.3 Å². The summed E-state index contributed by atoms with van der Waals surface area (Å²) in [7, 11) is 0. The Morgan fingerprint density at radius 2 is 1.88 bits per heavy atom. The number of ketones is 1. The van der Waals surface area contributed by atoms with Crippen LogP contribution in [-0.4, -0.2) is 5.78 Å². The van der Waals surface area contributed by atoms with E-state index in [9.17, 15) is 10.1 Å². The molecule has 0 amide bonds. The second-order valence-electron chi connectivity index (χ2n) is 5.03. The van der Waals surface area contributed by atoms with Gasteiger partial charge in [-0.05, 0) is 31.7 Å². The number of carbonyl (C=O) groups excluding carboxylic acids is 1. The lowest BCUT2D eigenvalue weighted by atomic mass is 9.81. The van der Waals surface area contributed by atoms with Gasteiger partial charge in [0.25, 0.3) is 0 Å². The fraction of sp³-hybridized carbons (Fsp3) is 0.467. The van der Waals surface area contributed by atoms with E-state index in [2.05, 4.69) is 6.07 Å². The van der Waals surface area contributed by atoms with Gasteiger partial charge in [0.2, 0.25) is 0 Å². The molecule has 1 fully saturated rings. The zero-order valence-electron chi connectivity index (χ0n) is 10.2. The Labute approximate surface area is 102 Å². The highest BCUT2D eigenvalue weighted by Crippen LogP contribution is 2.40. The average Bonchev–Trinajstić information content (AvgIpc) is 2.79. The van der Waals surface area contributed by atoms with Gasteiger partial charge in [-0.3, -0.25) is 4.79 Å². The second kappa shape index (κ2) is 4.71. The fourth-order valence-corrected chi connectivity index (χ4v) is 2.63. The highest BCUT2D eigenvalue weighted by molar-refractivity contribution is 5.93. The summed E-state index contributed by atoms with van der Waals surface area (Å²) in [4.78, 5) is 11.2. The molecular weight excluding hydrogens is 210 g/mol. The van der Waals surface area contributed by atoms with E-state index in [0.717, 1.165) is 24.8 Å². The Hall–Kier alpha value is -1.62. The van der Waals surface area contributed by atoms with Crippen molar-refractivity contribution in [3.8, 4) is 6.07 Å². The van der Waals surface area contributed by atoms with Crippen LogP contribution in [0, 0.1) is 16.7 Å². The van der Waals surface area contributed by atoms with Crippen LogP contribution in [0.3, 0.4) is 0 Å². The third-order valence-corrected chi connectivity index (χ3v) is 3.70. The van der Waals surface area contributed by atoms with Gasteiger partial charge >= 0.3 is 0 Å². The van der Waals surface area contributed by atoms with Crippen molar-refractivity contribution < 1.29 is 4.79 Å². The summed E-state index contributed by atoms with van der Waals surface area (Å²) in [6.45, 7) is 1.57. The Balaban J connectivity index is 2.13. The number of nitrogens with zero attached hydrogens (tertiary/aromatic N) is 1. The van der Waals surface area contributed by atoms with Gasteiger partial charge in [0.1, 0.15) is 0 Å². The fourth-order valence-electron chi connectivity index (χ4n) is 2.63. The predicted octanol–water partition coefficient (Wildman–Crippen LogP) is 3.52. The van der Waals surface area contributed by atoms with Crippen LogP contribution in [0.5, 0.6) is 0 Å². The number of hydrogen-bond acceptors (Lipinski definition) is 2. The minimum atomic E-state index is -0.155. The summed E-state index contributed by atoms with van der Waals surface area (Å²) in [5, 5.41) is 9.32. The Bertz CT molecular complexity index is 447. The summed E-state index contributed by atoms with van der Waals surface area (Å²) in [6, 6.07) is 10.2. The number of rotatable bonds is 3. The van der Waals surface area contributed by atoms with Crippen molar-refractivity contribution in [1.29, 1.82) is 5.26 Å².